The molecule has 118 valence electrons. The van der Waals surface area contributed by atoms with Crippen LogP contribution in [0.5, 0.6) is 0 Å². The number of nitrogens with zero attached hydrogens (tertiary/aromatic N) is 2. The largest absolute Gasteiger partial charge is 0.332 e. The fourth-order valence-corrected chi connectivity index (χ4v) is 4.13. The number of nitrogens with one attached hydrogen (secondary N) is 1. The first-order valence-electron chi connectivity index (χ1n) is 7.60. The Kier molecular flexibility index (Phi) is 4.06. The van der Waals surface area contributed by atoms with Gasteiger partial charge in [-0.2, -0.15) is 4.31 Å². The Morgan fingerprint density at radius 2 is 1.73 bits per heavy atom. The minimum atomic E-state index is -3.50. The molecular weight excluding hydrogens is 298 g/mol. The zero-order valence-electron chi connectivity index (χ0n) is 12.9. The van der Waals surface area contributed by atoms with E-state index in [0.29, 0.717) is 18.9 Å². The van der Waals surface area contributed by atoms with Gasteiger partial charge in [-0.3, -0.25) is 0 Å². The van der Waals surface area contributed by atoms with Gasteiger partial charge in [0.15, 0.2) is 5.03 Å². The van der Waals surface area contributed by atoms with E-state index >= 15 is 0 Å². The van der Waals surface area contributed by atoms with Crippen LogP contribution in [-0.2, 0) is 22.9 Å². The molecule has 2 heterocycles. The molecule has 6 heteroatoms. The zero-order valence-corrected chi connectivity index (χ0v) is 13.7. The van der Waals surface area contributed by atoms with E-state index in [1.165, 1.54) is 17.3 Å². The number of imidazole rings is 1. The highest BCUT2D eigenvalue weighted by molar-refractivity contribution is 7.89. The molecule has 3 rings (SSSR count). The molecule has 5 nitrogen and oxygen atoms in total. The zero-order chi connectivity index (χ0) is 15.7. The molecule has 0 saturated heterocycles. The molecule has 0 spiro atoms. The summed E-state index contributed by atoms with van der Waals surface area (Å²) in [7, 11) is -3.50. The SMILES string of the molecule is CC(C)c1ncc(S(=O)(=O)N2CCc3ccccc3CC2)[nH]1. The van der Waals surface area contributed by atoms with Crippen molar-refractivity contribution < 1.29 is 8.42 Å². The third-order valence-corrected chi connectivity index (χ3v) is 5.92. The van der Waals surface area contributed by atoms with Crippen LogP contribution in [0.3, 0.4) is 0 Å². The Labute approximate surface area is 131 Å². The molecular formula is C16H21N3O2S. The average Bonchev–Trinajstić information content (AvgIpc) is 2.89. The van der Waals surface area contributed by atoms with Crippen molar-refractivity contribution in [2.24, 2.45) is 0 Å². The van der Waals surface area contributed by atoms with Crippen LogP contribution in [0.25, 0.3) is 0 Å². The molecule has 0 radical (unpaired) electrons. The molecule has 2 aromatic rings. The standard InChI is InChI=1S/C16H21N3O2S/c1-12(2)16-17-11-15(18-16)22(20,21)19-9-7-13-5-3-4-6-14(13)8-10-19/h3-6,11-12H,7-10H2,1-2H3,(H,17,18). The van der Waals surface area contributed by atoms with Crippen molar-refractivity contribution in [3.8, 4) is 0 Å². The van der Waals surface area contributed by atoms with Crippen molar-refractivity contribution in [2.75, 3.05) is 13.1 Å². The van der Waals surface area contributed by atoms with E-state index in [2.05, 4.69) is 22.1 Å². The molecule has 1 N–H and O–H groups in total. The molecule has 1 aliphatic heterocycles. The second-order valence-electron chi connectivity index (χ2n) is 5.96. The van der Waals surface area contributed by atoms with Gasteiger partial charge in [-0.1, -0.05) is 38.1 Å². The summed E-state index contributed by atoms with van der Waals surface area (Å²) in [6, 6.07) is 8.18. The van der Waals surface area contributed by atoms with Crippen LogP contribution >= 0.6 is 0 Å². The van der Waals surface area contributed by atoms with Gasteiger partial charge in [0.25, 0.3) is 10.0 Å². The normalized spacial score (nSPS) is 16.5. The molecule has 0 fully saturated rings. The molecule has 0 amide bonds. The van der Waals surface area contributed by atoms with Crippen molar-refractivity contribution in [3.05, 3.63) is 47.4 Å². The smallest absolute Gasteiger partial charge is 0.260 e. The molecule has 0 saturated carbocycles. The summed E-state index contributed by atoms with van der Waals surface area (Å²) in [5, 5.41) is 0.196. The number of sulfonamides is 1. The topological polar surface area (TPSA) is 66.1 Å². The summed E-state index contributed by atoms with van der Waals surface area (Å²) in [6.07, 6.45) is 2.93. The number of fused-ring (bicyclic) bond motifs is 1. The third-order valence-electron chi connectivity index (χ3n) is 4.12. The fraction of sp³-hybridized carbons (Fsp3) is 0.438. The summed E-state index contributed by atoms with van der Waals surface area (Å²) < 4.78 is 27.1. The summed E-state index contributed by atoms with van der Waals surface area (Å²) in [5.74, 6) is 0.883. The van der Waals surface area contributed by atoms with E-state index in [-0.39, 0.29) is 10.9 Å². The van der Waals surface area contributed by atoms with Gasteiger partial charge in [-0.05, 0) is 24.0 Å². The lowest BCUT2D eigenvalue weighted by atomic mass is 10.0. The van der Waals surface area contributed by atoms with Crippen LogP contribution in [0, 0.1) is 0 Å². The Morgan fingerprint density at radius 3 is 2.23 bits per heavy atom. The monoisotopic (exact) mass is 319 g/mol. The minimum Gasteiger partial charge on any atom is -0.332 e. The second-order valence-corrected chi connectivity index (χ2v) is 7.87. The first kappa shape index (κ1) is 15.2. The van der Waals surface area contributed by atoms with Gasteiger partial charge in [-0.25, -0.2) is 13.4 Å². The first-order chi connectivity index (χ1) is 10.5. The maximum Gasteiger partial charge on any atom is 0.260 e. The van der Waals surface area contributed by atoms with E-state index in [0.717, 1.165) is 12.8 Å². The Hall–Kier alpha value is -1.66. The van der Waals surface area contributed by atoms with Crippen molar-refractivity contribution >= 4 is 10.0 Å². The van der Waals surface area contributed by atoms with Gasteiger partial charge in [0, 0.05) is 19.0 Å². The van der Waals surface area contributed by atoms with Crippen LogP contribution < -0.4 is 0 Å². The third kappa shape index (κ3) is 2.80. The number of rotatable bonds is 3. The number of benzene rings is 1. The molecule has 1 aliphatic rings. The van der Waals surface area contributed by atoms with E-state index < -0.39 is 10.0 Å². The molecule has 1 aromatic carbocycles. The van der Waals surface area contributed by atoms with E-state index in [1.54, 1.807) is 4.31 Å². The van der Waals surface area contributed by atoms with E-state index in [4.69, 9.17) is 0 Å². The number of H-pyrrole nitrogens is 1. The van der Waals surface area contributed by atoms with Crippen molar-refractivity contribution in [2.45, 2.75) is 37.6 Å². The lowest BCUT2D eigenvalue weighted by Gasteiger charge is -2.18. The maximum absolute atomic E-state index is 12.8. The Bertz CT molecular complexity index is 738. The quantitative estimate of drug-likeness (QED) is 0.944. The van der Waals surface area contributed by atoms with Crippen molar-refractivity contribution in [1.29, 1.82) is 0 Å². The second kappa shape index (κ2) is 5.85. The Balaban J connectivity index is 1.84. The summed E-state index contributed by atoms with van der Waals surface area (Å²) in [4.78, 5) is 7.13. The highest BCUT2D eigenvalue weighted by Gasteiger charge is 2.28. The van der Waals surface area contributed by atoms with Crippen molar-refractivity contribution in [1.82, 2.24) is 14.3 Å². The predicted molar refractivity (Wildman–Crippen MR) is 85.3 cm³/mol. The molecule has 1 aromatic heterocycles. The lowest BCUT2D eigenvalue weighted by molar-refractivity contribution is 0.424. The number of aromatic nitrogens is 2. The molecule has 0 bridgehead atoms. The number of hydrogen-bond acceptors (Lipinski definition) is 3. The van der Waals surface area contributed by atoms with Gasteiger partial charge < -0.3 is 4.98 Å². The molecule has 0 unspecified atom stereocenters. The highest BCUT2D eigenvalue weighted by atomic mass is 32.2. The lowest BCUT2D eigenvalue weighted by Crippen LogP contribution is -2.33. The predicted octanol–water partition coefficient (Wildman–Crippen LogP) is 2.32. The Morgan fingerprint density at radius 1 is 1.14 bits per heavy atom. The van der Waals surface area contributed by atoms with Gasteiger partial charge >= 0.3 is 0 Å². The molecule has 0 atom stereocenters. The minimum absolute atomic E-state index is 0.178. The van der Waals surface area contributed by atoms with E-state index in [9.17, 15) is 8.42 Å². The molecule has 22 heavy (non-hydrogen) atoms. The summed E-state index contributed by atoms with van der Waals surface area (Å²) >= 11 is 0. The van der Waals surface area contributed by atoms with Gasteiger partial charge in [0.1, 0.15) is 5.82 Å². The van der Waals surface area contributed by atoms with Gasteiger partial charge in [-0.15, -0.1) is 0 Å². The van der Waals surface area contributed by atoms with Crippen LogP contribution in [-0.4, -0.2) is 35.8 Å². The van der Waals surface area contributed by atoms with Crippen LogP contribution in [0.15, 0.2) is 35.5 Å². The van der Waals surface area contributed by atoms with Crippen LogP contribution in [0.2, 0.25) is 0 Å². The summed E-state index contributed by atoms with van der Waals surface area (Å²) in [6.45, 7) is 4.99. The van der Waals surface area contributed by atoms with Crippen molar-refractivity contribution in [3.63, 3.8) is 0 Å². The fourth-order valence-electron chi connectivity index (χ4n) is 2.77. The number of hydrogen-bond donors (Lipinski definition) is 1. The van der Waals surface area contributed by atoms with Gasteiger partial charge in [0.05, 0.1) is 6.20 Å². The summed E-state index contributed by atoms with van der Waals surface area (Å²) in [5.41, 5.74) is 2.49. The number of aromatic amines is 1. The first-order valence-corrected chi connectivity index (χ1v) is 9.04. The molecule has 0 aliphatic carbocycles. The van der Waals surface area contributed by atoms with Crippen LogP contribution in [0.4, 0.5) is 0 Å². The van der Waals surface area contributed by atoms with Gasteiger partial charge in [0.2, 0.25) is 0 Å². The highest BCUT2D eigenvalue weighted by Crippen LogP contribution is 2.21. The maximum atomic E-state index is 12.8. The van der Waals surface area contributed by atoms with Crippen LogP contribution in [0.1, 0.15) is 36.7 Å². The average molecular weight is 319 g/mol. The van der Waals surface area contributed by atoms with E-state index in [1.807, 2.05) is 26.0 Å².